The van der Waals surface area contributed by atoms with Gasteiger partial charge in [0.05, 0.1) is 18.6 Å². The molecule has 1 saturated carbocycles. The van der Waals surface area contributed by atoms with Gasteiger partial charge in [0.1, 0.15) is 11.6 Å². The van der Waals surface area contributed by atoms with Gasteiger partial charge in [0.25, 0.3) is 0 Å². The minimum atomic E-state index is -1.12. The SMILES string of the molecule is CC(C)C[C@H](NC(=O)OC(C)(C)C)[C@H](O)CC(=O)N[C@H](C(=O)NC[C]1[CH][CH][CH][CH]1)C(C)C. The van der Waals surface area contributed by atoms with Gasteiger partial charge in [0.15, 0.2) is 0 Å². The molecule has 8 heteroatoms. The Balaban J connectivity index is 2.66. The van der Waals surface area contributed by atoms with Crippen LogP contribution in [0.5, 0.6) is 0 Å². The van der Waals surface area contributed by atoms with Crippen LogP contribution in [0, 0.1) is 43.4 Å². The summed E-state index contributed by atoms with van der Waals surface area (Å²) in [6.07, 6.45) is 6.07. The van der Waals surface area contributed by atoms with E-state index in [4.69, 9.17) is 4.74 Å². The van der Waals surface area contributed by atoms with E-state index in [9.17, 15) is 19.5 Å². The number of rotatable bonds is 11. The number of hydrogen-bond donors (Lipinski definition) is 4. The Hall–Kier alpha value is -1.83. The minimum Gasteiger partial charge on any atom is -0.444 e. The first-order chi connectivity index (χ1) is 14.8. The lowest BCUT2D eigenvalue weighted by atomic mass is 9.96. The van der Waals surface area contributed by atoms with Crippen molar-refractivity contribution in [1.82, 2.24) is 16.0 Å². The van der Waals surface area contributed by atoms with Gasteiger partial charge in [-0.05, 0) is 64.7 Å². The van der Waals surface area contributed by atoms with Crippen LogP contribution in [-0.4, -0.2) is 53.3 Å². The standard InChI is InChI=1S/C24H40N3O5/c1-15(2)12-18(26-23(31)32-24(5,6)7)19(28)13-20(29)27-21(16(3)4)22(30)25-14-17-10-8-9-11-17/h8-11,15-16,18-19,21,28H,12-14H2,1-7H3,(H,25,30)(H,26,31)(H,27,29)/t18-,19+,21-/m0/s1. The Morgan fingerprint density at radius 3 is 2.12 bits per heavy atom. The number of amides is 3. The van der Waals surface area contributed by atoms with Crippen molar-refractivity contribution in [3.63, 3.8) is 0 Å². The van der Waals surface area contributed by atoms with Crippen LogP contribution in [0.15, 0.2) is 0 Å². The highest BCUT2D eigenvalue weighted by Gasteiger charge is 2.30. The number of aliphatic hydroxyl groups excluding tert-OH is 1. The van der Waals surface area contributed by atoms with Crippen molar-refractivity contribution in [2.24, 2.45) is 11.8 Å². The second kappa shape index (κ2) is 13.0. The highest BCUT2D eigenvalue weighted by atomic mass is 16.6. The molecule has 1 rings (SSSR count). The fourth-order valence-corrected chi connectivity index (χ4v) is 3.21. The zero-order chi connectivity index (χ0) is 24.5. The summed E-state index contributed by atoms with van der Waals surface area (Å²) in [5.74, 6) is 0.279. The minimum absolute atomic E-state index is 0.137. The number of alkyl carbamates (subject to hydrolysis) is 1. The average molecular weight is 451 g/mol. The molecule has 1 aliphatic rings. The molecule has 0 bridgehead atoms. The first kappa shape index (κ1) is 28.2. The van der Waals surface area contributed by atoms with Crippen molar-refractivity contribution in [2.45, 2.75) is 85.1 Å². The topological polar surface area (TPSA) is 117 Å². The maximum Gasteiger partial charge on any atom is 0.407 e. The van der Waals surface area contributed by atoms with E-state index in [0.29, 0.717) is 13.0 Å². The predicted octanol–water partition coefficient (Wildman–Crippen LogP) is 2.34. The summed E-state index contributed by atoms with van der Waals surface area (Å²) in [5, 5.41) is 18.9. The molecule has 0 unspecified atom stereocenters. The number of ether oxygens (including phenoxy) is 1. The van der Waals surface area contributed by atoms with Crippen LogP contribution < -0.4 is 16.0 Å². The molecule has 0 spiro atoms. The van der Waals surface area contributed by atoms with E-state index in [-0.39, 0.29) is 24.2 Å². The molecular formula is C24H40N3O5. The second-order valence-corrected chi connectivity index (χ2v) is 9.95. The third-order valence-electron chi connectivity index (χ3n) is 4.75. The lowest BCUT2D eigenvalue weighted by molar-refractivity contribution is -0.131. The molecule has 0 aliphatic heterocycles. The number of aliphatic hydroxyl groups is 1. The highest BCUT2D eigenvalue weighted by Crippen LogP contribution is 2.22. The van der Waals surface area contributed by atoms with E-state index in [1.165, 1.54) is 0 Å². The monoisotopic (exact) mass is 450 g/mol. The third kappa shape index (κ3) is 11.2. The lowest BCUT2D eigenvalue weighted by Crippen LogP contribution is -2.52. The highest BCUT2D eigenvalue weighted by molar-refractivity contribution is 5.88. The molecule has 0 aromatic heterocycles. The van der Waals surface area contributed by atoms with Crippen LogP contribution in [0.2, 0.25) is 0 Å². The predicted molar refractivity (Wildman–Crippen MR) is 123 cm³/mol. The van der Waals surface area contributed by atoms with Crippen molar-refractivity contribution in [3.8, 4) is 0 Å². The Bertz CT molecular complexity index is 609. The molecule has 0 aromatic rings. The van der Waals surface area contributed by atoms with Gasteiger partial charge in [-0.25, -0.2) is 4.79 Å². The molecule has 1 aliphatic carbocycles. The first-order valence-corrected chi connectivity index (χ1v) is 11.2. The van der Waals surface area contributed by atoms with E-state index in [1.807, 2.05) is 53.4 Å². The molecule has 3 atom stereocenters. The molecule has 181 valence electrons. The van der Waals surface area contributed by atoms with Gasteiger partial charge in [-0.3, -0.25) is 9.59 Å². The Labute approximate surface area is 193 Å². The smallest absolute Gasteiger partial charge is 0.407 e. The molecule has 0 saturated heterocycles. The van der Waals surface area contributed by atoms with Gasteiger partial charge in [-0.1, -0.05) is 27.7 Å². The number of carbonyl (C=O) groups is 3. The van der Waals surface area contributed by atoms with Gasteiger partial charge in [-0.15, -0.1) is 0 Å². The van der Waals surface area contributed by atoms with Gasteiger partial charge < -0.3 is 25.8 Å². The molecule has 0 aromatic carbocycles. The van der Waals surface area contributed by atoms with Crippen LogP contribution in [-0.2, 0) is 14.3 Å². The molecule has 8 nitrogen and oxygen atoms in total. The van der Waals surface area contributed by atoms with E-state index in [1.54, 1.807) is 20.8 Å². The summed E-state index contributed by atoms with van der Waals surface area (Å²) in [6.45, 7) is 13.2. The summed E-state index contributed by atoms with van der Waals surface area (Å²) < 4.78 is 5.28. The van der Waals surface area contributed by atoms with E-state index in [2.05, 4.69) is 16.0 Å². The summed E-state index contributed by atoms with van der Waals surface area (Å²) in [4.78, 5) is 37.4. The quantitative estimate of drug-likeness (QED) is 0.386. The van der Waals surface area contributed by atoms with Crippen molar-refractivity contribution in [2.75, 3.05) is 6.54 Å². The van der Waals surface area contributed by atoms with E-state index in [0.717, 1.165) is 5.92 Å². The zero-order valence-electron chi connectivity index (χ0n) is 20.4. The Morgan fingerprint density at radius 2 is 1.62 bits per heavy atom. The Kier molecular flexibility index (Phi) is 11.5. The molecule has 1 fully saturated rings. The third-order valence-corrected chi connectivity index (χ3v) is 4.75. The van der Waals surface area contributed by atoms with Crippen LogP contribution in [0.3, 0.4) is 0 Å². The number of hydrogen-bond acceptors (Lipinski definition) is 5. The molecule has 5 radical (unpaired) electrons. The van der Waals surface area contributed by atoms with Gasteiger partial charge in [0.2, 0.25) is 11.8 Å². The summed E-state index contributed by atoms with van der Waals surface area (Å²) >= 11 is 0. The average Bonchev–Trinajstić information content (AvgIpc) is 3.15. The maximum absolute atomic E-state index is 12.6. The molecule has 32 heavy (non-hydrogen) atoms. The van der Waals surface area contributed by atoms with Crippen LogP contribution in [0.1, 0.15) is 61.3 Å². The normalized spacial score (nSPS) is 17.7. The van der Waals surface area contributed by atoms with Crippen LogP contribution >= 0.6 is 0 Å². The molecule has 0 heterocycles. The number of nitrogens with one attached hydrogen (secondary N) is 3. The van der Waals surface area contributed by atoms with Crippen molar-refractivity contribution in [3.05, 3.63) is 31.6 Å². The fraction of sp³-hybridized carbons (Fsp3) is 0.667. The molecule has 4 N–H and O–H groups in total. The Morgan fingerprint density at radius 1 is 1.03 bits per heavy atom. The summed E-state index contributed by atoms with van der Waals surface area (Å²) in [6, 6.07) is -1.38. The van der Waals surface area contributed by atoms with Crippen molar-refractivity contribution < 1.29 is 24.2 Å². The summed E-state index contributed by atoms with van der Waals surface area (Å²) in [5.41, 5.74) is -0.672. The van der Waals surface area contributed by atoms with Crippen LogP contribution in [0.4, 0.5) is 4.79 Å². The van der Waals surface area contributed by atoms with E-state index < -0.39 is 35.8 Å². The van der Waals surface area contributed by atoms with Gasteiger partial charge >= 0.3 is 6.09 Å². The largest absolute Gasteiger partial charge is 0.444 e. The fourth-order valence-electron chi connectivity index (χ4n) is 3.21. The van der Waals surface area contributed by atoms with Gasteiger partial charge in [0, 0.05) is 12.5 Å². The molecule has 3 amide bonds. The first-order valence-electron chi connectivity index (χ1n) is 11.2. The molecular weight excluding hydrogens is 410 g/mol. The van der Waals surface area contributed by atoms with E-state index >= 15 is 0 Å². The number of carbonyl (C=O) groups excluding carboxylic acids is 3. The van der Waals surface area contributed by atoms with Crippen molar-refractivity contribution >= 4 is 17.9 Å². The van der Waals surface area contributed by atoms with Gasteiger partial charge in [-0.2, -0.15) is 0 Å². The lowest BCUT2D eigenvalue weighted by Gasteiger charge is -2.28. The zero-order valence-corrected chi connectivity index (χ0v) is 20.4. The van der Waals surface area contributed by atoms with Crippen molar-refractivity contribution in [1.29, 1.82) is 0 Å². The maximum atomic E-state index is 12.6. The second-order valence-electron chi connectivity index (χ2n) is 9.95. The van der Waals surface area contributed by atoms with Crippen LogP contribution in [0.25, 0.3) is 0 Å². The summed E-state index contributed by atoms with van der Waals surface area (Å²) in [7, 11) is 0.